The monoisotopic (exact) mass is 492 g/mol. The van der Waals surface area contributed by atoms with Crippen molar-refractivity contribution in [1.82, 2.24) is 0 Å². The summed E-state index contributed by atoms with van der Waals surface area (Å²) in [5, 5.41) is 0. The summed E-state index contributed by atoms with van der Waals surface area (Å²) >= 11 is 0. The van der Waals surface area contributed by atoms with Crippen molar-refractivity contribution in [1.29, 1.82) is 0 Å². The van der Waals surface area contributed by atoms with Crippen molar-refractivity contribution in [2.45, 2.75) is 140 Å². The molecule has 3 aliphatic carbocycles. The first-order valence-electron chi connectivity index (χ1n) is 15.4. The minimum Gasteiger partial charge on any atom is -0.350 e. The van der Waals surface area contributed by atoms with E-state index in [9.17, 15) is 0 Å². The van der Waals surface area contributed by atoms with Gasteiger partial charge in [0.1, 0.15) is 12.6 Å². The van der Waals surface area contributed by atoms with Gasteiger partial charge in [0, 0.05) is 31.6 Å². The molecule has 0 radical (unpaired) electrons. The van der Waals surface area contributed by atoms with Gasteiger partial charge in [0.15, 0.2) is 12.1 Å². The van der Waals surface area contributed by atoms with Crippen molar-refractivity contribution in [3.05, 3.63) is 0 Å². The highest BCUT2D eigenvalue weighted by atomic mass is 16.7. The van der Waals surface area contributed by atoms with Crippen molar-refractivity contribution in [2.75, 3.05) is 39.9 Å². The molecule has 0 bridgehead atoms. The van der Waals surface area contributed by atoms with Crippen LogP contribution in [0.4, 0.5) is 0 Å². The van der Waals surface area contributed by atoms with Gasteiger partial charge in [0.25, 0.3) is 0 Å². The van der Waals surface area contributed by atoms with Gasteiger partial charge in [-0.1, -0.05) is 45.4 Å². The van der Waals surface area contributed by atoms with Crippen LogP contribution in [0.3, 0.4) is 0 Å². The molecule has 6 rings (SSSR count). The maximum Gasteiger partial charge on any atom is 0.169 e. The van der Waals surface area contributed by atoms with Crippen LogP contribution in [0.25, 0.3) is 0 Å². The normalized spacial score (nSPS) is 36.3. The lowest BCUT2D eigenvalue weighted by Gasteiger charge is -2.34. The minimum atomic E-state index is -0.179. The van der Waals surface area contributed by atoms with E-state index < -0.39 is 0 Å². The summed E-state index contributed by atoms with van der Waals surface area (Å²) in [6, 6.07) is 0. The van der Waals surface area contributed by atoms with Gasteiger partial charge in [-0.05, 0) is 50.4 Å². The van der Waals surface area contributed by atoms with E-state index in [2.05, 4.69) is 14.0 Å². The van der Waals surface area contributed by atoms with Gasteiger partial charge in [-0.2, -0.15) is 0 Å². The topological polar surface area (TPSA) is 36.9 Å². The lowest BCUT2D eigenvalue weighted by molar-refractivity contribution is -0.900. The fraction of sp³-hybridized carbons (Fsp3) is 1.00. The van der Waals surface area contributed by atoms with Crippen LogP contribution in [0.5, 0.6) is 0 Å². The molecule has 1 spiro atoms. The van der Waals surface area contributed by atoms with Gasteiger partial charge < -0.3 is 23.4 Å². The molecule has 0 N–H and O–H groups in total. The molecule has 202 valence electrons. The first-order chi connectivity index (χ1) is 17.0. The SMILES string of the molecule is CC1(CC2COC(C3CCCCC3)O2)CCCC1.C[N+]1(CC2COC3(CCCCC3)O2)CCCC1. The highest BCUT2D eigenvalue weighted by Crippen LogP contribution is 2.43. The molecule has 3 aliphatic heterocycles. The Morgan fingerprint density at radius 2 is 1.40 bits per heavy atom. The van der Waals surface area contributed by atoms with Gasteiger partial charge in [-0.15, -0.1) is 0 Å². The van der Waals surface area contributed by atoms with Crippen LogP contribution in [-0.4, -0.2) is 68.7 Å². The van der Waals surface area contributed by atoms with Crippen molar-refractivity contribution < 1.29 is 23.4 Å². The van der Waals surface area contributed by atoms with Gasteiger partial charge in [0.05, 0.1) is 39.5 Å². The Balaban J connectivity index is 0.000000145. The van der Waals surface area contributed by atoms with E-state index >= 15 is 0 Å². The van der Waals surface area contributed by atoms with E-state index in [1.54, 1.807) is 0 Å². The van der Waals surface area contributed by atoms with Gasteiger partial charge in [-0.3, -0.25) is 0 Å². The Kier molecular flexibility index (Phi) is 8.81. The number of hydrogen-bond acceptors (Lipinski definition) is 4. The van der Waals surface area contributed by atoms with Crippen molar-refractivity contribution >= 4 is 0 Å². The summed E-state index contributed by atoms with van der Waals surface area (Å²) in [7, 11) is 2.38. The Labute approximate surface area is 215 Å². The maximum absolute atomic E-state index is 6.28. The molecular weight excluding hydrogens is 438 g/mol. The molecule has 3 heterocycles. The van der Waals surface area contributed by atoms with Crippen molar-refractivity contribution in [3.8, 4) is 0 Å². The highest BCUT2D eigenvalue weighted by molar-refractivity contribution is 4.86. The van der Waals surface area contributed by atoms with E-state index in [0.29, 0.717) is 23.5 Å². The zero-order chi connectivity index (χ0) is 24.2. The number of rotatable bonds is 5. The molecule has 0 aromatic rings. The van der Waals surface area contributed by atoms with E-state index in [1.165, 1.54) is 114 Å². The maximum atomic E-state index is 6.28. The Morgan fingerprint density at radius 3 is 2.11 bits per heavy atom. The summed E-state index contributed by atoms with van der Waals surface area (Å²) < 4.78 is 25.6. The second-order valence-electron chi connectivity index (χ2n) is 13.6. The molecule has 3 saturated carbocycles. The zero-order valence-electron chi connectivity index (χ0n) is 22.9. The average Bonchev–Trinajstić information content (AvgIpc) is 3.66. The molecule has 0 aromatic carbocycles. The number of quaternary nitrogens is 1. The van der Waals surface area contributed by atoms with Crippen LogP contribution in [0, 0.1) is 11.3 Å². The number of likely N-dealkylation sites (N-methyl/N-ethyl adjacent to an activating group) is 1. The molecule has 6 fully saturated rings. The average molecular weight is 493 g/mol. The summed E-state index contributed by atoms with van der Waals surface area (Å²) in [4.78, 5) is 0. The number of nitrogens with zero attached hydrogens (tertiary/aromatic N) is 1. The molecule has 0 aromatic heterocycles. The summed E-state index contributed by atoms with van der Waals surface area (Å²) in [5.41, 5.74) is 0.537. The lowest BCUT2D eigenvalue weighted by atomic mass is 9.83. The van der Waals surface area contributed by atoms with Crippen LogP contribution in [0.2, 0.25) is 0 Å². The van der Waals surface area contributed by atoms with Crippen LogP contribution in [0.15, 0.2) is 0 Å². The number of likely N-dealkylation sites (tertiary alicyclic amines) is 1. The second kappa shape index (κ2) is 11.7. The van der Waals surface area contributed by atoms with E-state index in [0.717, 1.165) is 32.6 Å². The quantitative estimate of drug-likeness (QED) is 0.406. The summed E-state index contributed by atoms with van der Waals surface area (Å²) in [6.45, 7) is 7.92. The fourth-order valence-corrected chi connectivity index (χ4v) is 8.05. The van der Waals surface area contributed by atoms with Crippen molar-refractivity contribution in [3.63, 3.8) is 0 Å². The third-order valence-corrected chi connectivity index (χ3v) is 10.2. The fourth-order valence-electron chi connectivity index (χ4n) is 8.05. The first-order valence-corrected chi connectivity index (χ1v) is 15.4. The second-order valence-corrected chi connectivity index (χ2v) is 13.6. The van der Waals surface area contributed by atoms with E-state index in [4.69, 9.17) is 18.9 Å². The van der Waals surface area contributed by atoms with Gasteiger partial charge in [0.2, 0.25) is 0 Å². The summed E-state index contributed by atoms with van der Waals surface area (Å²) in [5.74, 6) is 0.502. The van der Waals surface area contributed by atoms with Crippen molar-refractivity contribution in [2.24, 2.45) is 11.3 Å². The Morgan fingerprint density at radius 1 is 0.743 bits per heavy atom. The molecule has 3 atom stereocenters. The largest absolute Gasteiger partial charge is 0.350 e. The molecule has 35 heavy (non-hydrogen) atoms. The Hall–Kier alpha value is -0.200. The van der Waals surface area contributed by atoms with Gasteiger partial charge >= 0.3 is 0 Å². The smallest absolute Gasteiger partial charge is 0.169 e. The highest BCUT2D eigenvalue weighted by Gasteiger charge is 2.45. The third kappa shape index (κ3) is 7.02. The molecule has 5 heteroatoms. The predicted molar refractivity (Wildman–Crippen MR) is 139 cm³/mol. The van der Waals surface area contributed by atoms with Gasteiger partial charge in [-0.25, -0.2) is 0 Å². The van der Waals surface area contributed by atoms with Crippen LogP contribution >= 0.6 is 0 Å². The van der Waals surface area contributed by atoms with E-state index in [-0.39, 0.29) is 12.1 Å². The molecule has 3 saturated heterocycles. The molecule has 5 nitrogen and oxygen atoms in total. The van der Waals surface area contributed by atoms with Crippen LogP contribution in [0.1, 0.15) is 116 Å². The predicted octanol–water partition coefficient (Wildman–Crippen LogP) is 6.58. The molecular formula is C30H54NO4+. The van der Waals surface area contributed by atoms with E-state index in [1.807, 2.05) is 0 Å². The number of hydrogen-bond donors (Lipinski definition) is 0. The molecule has 6 aliphatic rings. The lowest BCUT2D eigenvalue weighted by Crippen LogP contribution is -2.47. The van der Waals surface area contributed by atoms with Crippen LogP contribution in [-0.2, 0) is 18.9 Å². The Bertz CT molecular complexity index is 645. The zero-order valence-corrected chi connectivity index (χ0v) is 22.9. The first kappa shape index (κ1) is 26.4. The molecule has 0 amide bonds. The summed E-state index contributed by atoms with van der Waals surface area (Å²) in [6.07, 6.45) is 23.4. The van der Waals surface area contributed by atoms with Crippen LogP contribution < -0.4 is 0 Å². The third-order valence-electron chi connectivity index (χ3n) is 10.2. The molecule has 3 unspecified atom stereocenters. The number of ether oxygens (including phenoxy) is 4. The minimum absolute atomic E-state index is 0.125. The standard InChI is InChI=1S/C16H28O2.C14H26NO2/c1-16(9-5-6-10-16)11-14-12-17-15(18-14)13-7-3-2-4-8-13;1-15(9-5-6-10-15)11-13-12-16-14(17-13)7-3-2-4-8-14/h13-15H,2-12H2,1H3;13H,2-12H2,1H3/q;+1.